The maximum Gasteiger partial charge on any atom is 0.338 e. The summed E-state index contributed by atoms with van der Waals surface area (Å²) >= 11 is 1.08. The van der Waals surface area contributed by atoms with Gasteiger partial charge in [-0.25, -0.2) is 14.2 Å². The molecule has 2 aromatic rings. The second-order valence-electron chi connectivity index (χ2n) is 4.68. The molecule has 0 atom stereocenters. The van der Waals surface area contributed by atoms with Crippen LogP contribution in [0.5, 0.6) is 0 Å². The lowest BCUT2D eigenvalue weighted by atomic mass is 10.1. The number of hydrogen-bond acceptors (Lipinski definition) is 4. The van der Waals surface area contributed by atoms with Crippen LogP contribution in [0.2, 0.25) is 0 Å². The van der Waals surface area contributed by atoms with Gasteiger partial charge in [0.25, 0.3) is 0 Å². The van der Waals surface area contributed by atoms with Crippen molar-refractivity contribution in [3.05, 3.63) is 59.5 Å². The number of carboxylic acids is 1. The van der Waals surface area contributed by atoms with Crippen LogP contribution in [-0.4, -0.2) is 34.3 Å². The van der Waals surface area contributed by atoms with Crippen molar-refractivity contribution in [1.82, 2.24) is 10.3 Å². The van der Waals surface area contributed by atoms with Gasteiger partial charge in [-0.05, 0) is 36.2 Å². The Bertz CT molecular complexity index is 692. The van der Waals surface area contributed by atoms with Crippen LogP contribution in [0.4, 0.5) is 4.39 Å². The van der Waals surface area contributed by atoms with Crippen LogP contribution in [0.25, 0.3) is 0 Å². The Balaban J connectivity index is 1.77. The molecule has 0 unspecified atom stereocenters. The van der Waals surface area contributed by atoms with E-state index in [1.165, 1.54) is 30.5 Å². The second kappa shape index (κ2) is 8.28. The largest absolute Gasteiger partial charge is 0.478 e. The monoisotopic (exact) mass is 334 g/mol. The van der Waals surface area contributed by atoms with E-state index in [0.717, 1.165) is 17.3 Å². The number of rotatable bonds is 7. The Morgan fingerprint density at radius 2 is 1.96 bits per heavy atom. The molecule has 0 radical (unpaired) electrons. The van der Waals surface area contributed by atoms with E-state index >= 15 is 0 Å². The number of thioether (sulfide) groups is 1. The Kier molecular flexibility index (Phi) is 6.10. The molecule has 120 valence electrons. The van der Waals surface area contributed by atoms with Crippen molar-refractivity contribution in [2.45, 2.75) is 11.4 Å². The van der Waals surface area contributed by atoms with Gasteiger partial charge >= 0.3 is 5.97 Å². The SMILES string of the molecule is O=C(CSc1ncccc1C(=O)O)NCCc1ccc(F)cc1. The maximum atomic E-state index is 12.8. The van der Waals surface area contributed by atoms with E-state index in [2.05, 4.69) is 10.3 Å². The summed E-state index contributed by atoms with van der Waals surface area (Å²) in [6.07, 6.45) is 2.09. The normalized spacial score (nSPS) is 10.3. The highest BCUT2D eigenvalue weighted by molar-refractivity contribution is 8.00. The van der Waals surface area contributed by atoms with Crippen molar-refractivity contribution in [3.63, 3.8) is 0 Å². The number of hydrogen-bond donors (Lipinski definition) is 2. The van der Waals surface area contributed by atoms with E-state index in [1.807, 2.05) is 0 Å². The molecule has 0 aliphatic heterocycles. The average molecular weight is 334 g/mol. The maximum absolute atomic E-state index is 12.8. The van der Waals surface area contributed by atoms with E-state index in [1.54, 1.807) is 12.1 Å². The number of nitrogens with zero attached hydrogens (tertiary/aromatic N) is 1. The summed E-state index contributed by atoms with van der Waals surface area (Å²) in [7, 11) is 0. The molecule has 1 heterocycles. The molecular formula is C16H15FN2O3S. The van der Waals surface area contributed by atoms with Gasteiger partial charge in [-0.15, -0.1) is 0 Å². The summed E-state index contributed by atoms with van der Waals surface area (Å²) in [5.74, 6) is -1.49. The fourth-order valence-corrected chi connectivity index (χ4v) is 2.67. The third-order valence-corrected chi connectivity index (χ3v) is 4.00. The predicted molar refractivity (Wildman–Crippen MR) is 85.0 cm³/mol. The second-order valence-corrected chi connectivity index (χ2v) is 5.64. The van der Waals surface area contributed by atoms with Crippen molar-refractivity contribution in [2.75, 3.05) is 12.3 Å². The smallest absolute Gasteiger partial charge is 0.338 e. The number of amides is 1. The lowest BCUT2D eigenvalue weighted by molar-refractivity contribution is -0.118. The van der Waals surface area contributed by atoms with Crippen molar-refractivity contribution in [2.24, 2.45) is 0 Å². The molecule has 1 amide bonds. The third-order valence-electron chi connectivity index (χ3n) is 2.99. The number of nitrogens with one attached hydrogen (secondary N) is 1. The molecule has 0 fully saturated rings. The number of carbonyl (C=O) groups is 2. The average Bonchev–Trinajstić information content (AvgIpc) is 2.55. The zero-order valence-corrected chi connectivity index (χ0v) is 13.0. The molecule has 1 aromatic heterocycles. The molecule has 2 N–H and O–H groups in total. The van der Waals surface area contributed by atoms with Gasteiger partial charge in [0.05, 0.1) is 11.3 Å². The molecule has 7 heteroatoms. The first-order valence-corrected chi connectivity index (χ1v) is 7.87. The molecule has 0 saturated carbocycles. The quantitative estimate of drug-likeness (QED) is 0.760. The number of carbonyl (C=O) groups excluding carboxylic acids is 1. The summed E-state index contributed by atoms with van der Waals surface area (Å²) in [6.45, 7) is 0.430. The summed E-state index contributed by atoms with van der Waals surface area (Å²) in [5.41, 5.74) is 1.01. The molecule has 5 nitrogen and oxygen atoms in total. The number of benzene rings is 1. The van der Waals surface area contributed by atoms with E-state index < -0.39 is 5.97 Å². The first-order chi connectivity index (χ1) is 11.1. The summed E-state index contributed by atoms with van der Waals surface area (Å²) in [5, 5.41) is 12.1. The predicted octanol–water partition coefficient (Wildman–Crippen LogP) is 2.37. The Hall–Kier alpha value is -2.41. The standard InChI is InChI=1S/C16H15FN2O3S/c17-12-5-3-11(4-6-12)7-9-18-14(20)10-23-15-13(16(21)22)2-1-8-19-15/h1-6,8H,7,9-10H2,(H,18,20)(H,21,22). The minimum atomic E-state index is -1.07. The van der Waals surface area contributed by atoms with Crippen LogP contribution in [0, 0.1) is 5.82 Å². The van der Waals surface area contributed by atoms with Gasteiger partial charge in [0.2, 0.25) is 5.91 Å². The first-order valence-electron chi connectivity index (χ1n) is 6.88. The summed E-state index contributed by atoms with van der Waals surface area (Å²) in [4.78, 5) is 26.8. The highest BCUT2D eigenvalue weighted by atomic mass is 32.2. The lowest BCUT2D eigenvalue weighted by Crippen LogP contribution is -2.27. The van der Waals surface area contributed by atoms with E-state index in [-0.39, 0.29) is 23.0 Å². The van der Waals surface area contributed by atoms with E-state index in [0.29, 0.717) is 18.0 Å². The zero-order valence-electron chi connectivity index (χ0n) is 12.2. The minimum absolute atomic E-state index is 0.0802. The fraction of sp³-hybridized carbons (Fsp3) is 0.188. The first kappa shape index (κ1) is 17.0. The van der Waals surface area contributed by atoms with Gasteiger partial charge in [0.1, 0.15) is 10.8 Å². The Morgan fingerprint density at radius 1 is 1.22 bits per heavy atom. The molecule has 1 aromatic carbocycles. The number of halogens is 1. The van der Waals surface area contributed by atoms with Gasteiger partial charge in [-0.1, -0.05) is 23.9 Å². The van der Waals surface area contributed by atoms with Crippen LogP contribution in [-0.2, 0) is 11.2 Å². The molecule has 0 spiro atoms. The zero-order chi connectivity index (χ0) is 16.7. The molecular weight excluding hydrogens is 319 g/mol. The number of carboxylic acid groups (broad SMARTS) is 1. The van der Waals surface area contributed by atoms with Crippen LogP contribution in [0.3, 0.4) is 0 Å². The number of aromatic nitrogens is 1. The van der Waals surface area contributed by atoms with E-state index in [9.17, 15) is 14.0 Å². The molecule has 0 aliphatic carbocycles. The van der Waals surface area contributed by atoms with Crippen LogP contribution >= 0.6 is 11.8 Å². The number of pyridine rings is 1. The minimum Gasteiger partial charge on any atom is -0.478 e. The van der Waals surface area contributed by atoms with Gasteiger partial charge in [-0.3, -0.25) is 4.79 Å². The van der Waals surface area contributed by atoms with Gasteiger partial charge in [-0.2, -0.15) is 0 Å². The molecule has 0 aliphatic rings. The third kappa shape index (κ3) is 5.37. The topological polar surface area (TPSA) is 79.3 Å². The highest BCUT2D eigenvalue weighted by Crippen LogP contribution is 2.19. The van der Waals surface area contributed by atoms with Crippen molar-refractivity contribution >= 4 is 23.6 Å². The summed E-state index contributed by atoms with van der Waals surface area (Å²) < 4.78 is 12.8. The number of aromatic carboxylic acids is 1. The van der Waals surface area contributed by atoms with Gasteiger partial charge < -0.3 is 10.4 Å². The van der Waals surface area contributed by atoms with Crippen molar-refractivity contribution in [3.8, 4) is 0 Å². The van der Waals surface area contributed by atoms with Crippen LogP contribution in [0.1, 0.15) is 15.9 Å². The van der Waals surface area contributed by atoms with Crippen molar-refractivity contribution < 1.29 is 19.1 Å². The Labute approximate surface area is 136 Å². The van der Waals surface area contributed by atoms with Gasteiger partial charge in [0.15, 0.2) is 0 Å². The lowest BCUT2D eigenvalue weighted by Gasteiger charge is -2.06. The summed E-state index contributed by atoms with van der Waals surface area (Å²) in [6, 6.07) is 9.08. The van der Waals surface area contributed by atoms with Crippen LogP contribution < -0.4 is 5.32 Å². The van der Waals surface area contributed by atoms with Gasteiger partial charge in [0, 0.05) is 12.7 Å². The highest BCUT2D eigenvalue weighted by Gasteiger charge is 2.12. The molecule has 0 bridgehead atoms. The molecule has 0 saturated heterocycles. The molecule has 23 heavy (non-hydrogen) atoms. The van der Waals surface area contributed by atoms with Crippen molar-refractivity contribution in [1.29, 1.82) is 0 Å². The molecule has 2 rings (SSSR count). The fourth-order valence-electron chi connectivity index (χ4n) is 1.85. The van der Waals surface area contributed by atoms with E-state index in [4.69, 9.17) is 5.11 Å². The Morgan fingerprint density at radius 3 is 2.65 bits per heavy atom. The van der Waals surface area contributed by atoms with Crippen LogP contribution in [0.15, 0.2) is 47.6 Å².